The highest BCUT2D eigenvalue weighted by Crippen LogP contribution is 2.32. The Labute approximate surface area is 118 Å². The maximum absolute atomic E-state index is 12.0. The molecule has 2 aliphatic rings. The summed E-state index contributed by atoms with van der Waals surface area (Å²) < 4.78 is 10.6. The molecule has 0 aromatic heterocycles. The number of ketones is 1. The van der Waals surface area contributed by atoms with Gasteiger partial charge in [0.05, 0.1) is 0 Å². The topological polar surface area (TPSA) is 47.6 Å². The normalized spacial score (nSPS) is 23.1. The van der Waals surface area contributed by atoms with Crippen LogP contribution in [0.4, 0.5) is 0 Å². The van der Waals surface area contributed by atoms with Crippen molar-refractivity contribution in [2.75, 3.05) is 6.79 Å². The average molecular weight is 273 g/mol. The molecule has 1 atom stereocenters. The van der Waals surface area contributed by atoms with Crippen molar-refractivity contribution in [1.29, 1.82) is 0 Å². The molecule has 1 saturated carbocycles. The molecule has 1 N–H and O–H groups in total. The van der Waals surface area contributed by atoms with Crippen LogP contribution in [0, 0.1) is 5.92 Å². The quantitative estimate of drug-likeness (QED) is 0.860. The maximum atomic E-state index is 12.0. The molecule has 106 valence electrons. The second-order valence-corrected chi connectivity index (χ2v) is 5.40. The van der Waals surface area contributed by atoms with E-state index < -0.39 is 0 Å². The van der Waals surface area contributed by atoms with Crippen LogP contribution in [0.2, 0.25) is 0 Å². The Morgan fingerprint density at radius 3 is 3.10 bits per heavy atom. The average Bonchev–Trinajstić information content (AvgIpc) is 2.91. The molecular weight excluding hydrogens is 254 g/mol. The second-order valence-electron chi connectivity index (χ2n) is 5.40. The Hall–Kier alpha value is -1.97. The minimum absolute atomic E-state index is 0.169. The van der Waals surface area contributed by atoms with Crippen molar-refractivity contribution >= 4 is 5.78 Å². The number of rotatable bonds is 3. The van der Waals surface area contributed by atoms with Crippen LogP contribution < -0.4 is 14.8 Å². The fourth-order valence-corrected chi connectivity index (χ4v) is 2.66. The maximum Gasteiger partial charge on any atom is 0.231 e. The van der Waals surface area contributed by atoms with Gasteiger partial charge in [-0.25, -0.2) is 0 Å². The highest BCUT2D eigenvalue weighted by atomic mass is 16.7. The zero-order chi connectivity index (χ0) is 13.9. The van der Waals surface area contributed by atoms with Crippen LogP contribution in [0.1, 0.15) is 31.7 Å². The number of allylic oxidation sites excluding steroid dienone is 1. The first-order valence-electron chi connectivity index (χ1n) is 7.09. The van der Waals surface area contributed by atoms with Crippen LogP contribution in [-0.2, 0) is 11.3 Å². The lowest BCUT2D eigenvalue weighted by Crippen LogP contribution is -2.20. The van der Waals surface area contributed by atoms with Gasteiger partial charge < -0.3 is 14.8 Å². The van der Waals surface area contributed by atoms with Crippen LogP contribution in [-0.4, -0.2) is 12.6 Å². The van der Waals surface area contributed by atoms with Gasteiger partial charge >= 0.3 is 0 Å². The summed E-state index contributed by atoms with van der Waals surface area (Å²) in [5, 5.41) is 3.23. The number of benzene rings is 1. The molecule has 20 heavy (non-hydrogen) atoms. The zero-order valence-electron chi connectivity index (χ0n) is 11.6. The third kappa shape index (κ3) is 2.64. The van der Waals surface area contributed by atoms with Gasteiger partial charge in [0.1, 0.15) is 0 Å². The molecule has 4 nitrogen and oxygen atoms in total. The molecule has 1 fully saturated rings. The number of fused-ring (bicyclic) bond motifs is 1. The summed E-state index contributed by atoms with van der Waals surface area (Å²) in [4.78, 5) is 12.0. The molecule has 4 heteroatoms. The highest BCUT2D eigenvalue weighted by Gasteiger charge is 2.22. The molecule has 1 heterocycles. The largest absolute Gasteiger partial charge is 0.454 e. The van der Waals surface area contributed by atoms with Gasteiger partial charge in [-0.05, 0) is 37.0 Å². The minimum Gasteiger partial charge on any atom is -0.454 e. The van der Waals surface area contributed by atoms with Crippen LogP contribution in [0.25, 0.3) is 0 Å². The van der Waals surface area contributed by atoms with Crippen molar-refractivity contribution < 1.29 is 14.3 Å². The van der Waals surface area contributed by atoms with Gasteiger partial charge in [0.2, 0.25) is 6.79 Å². The van der Waals surface area contributed by atoms with Crippen molar-refractivity contribution in [3.63, 3.8) is 0 Å². The lowest BCUT2D eigenvalue weighted by atomic mass is 9.86. The molecule has 1 aromatic carbocycles. The summed E-state index contributed by atoms with van der Waals surface area (Å²) in [6.45, 7) is 2.98. The Morgan fingerprint density at radius 2 is 2.20 bits per heavy atom. The smallest absolute Gasteiger partial charge is 0.231 e. The van der Waals surface area contributed by atoms with Gasteiger partial charge in [-0.1, -0.05) is 13.0 Å². The van der Waals surface area contributed by atoms with Crippen LogP contribution in [0.5, 0.6) is 11.5 Å². The van der Waals surface area contributed by atoms with E-state index in [2.05, 4.69) is 5.32 Å². The minimum atomic E-state index is 0.169. The Bertz CT molecular complexity index is 551. The molecule has 1 unspecified atom stereocenters. The number of Topliss-reactive ketones (excluding diaryl/α,β-unsaturated/α-hetero) is 1. The summed E-state index contributed by atoms with van der Waals surface area (Å²) in [5.74, 6) is 2.04. The number of hydrogen-bond acceptors (Lipinski definition) is 4. The molecule has 0 saturated heterocycles. The van der Waals surface area contributed by atoms with Gasteiger partial charge in [0.25, 0.3) is 0 Å². The van der Waals surface area contributed by atoms with Gasteiger partial charge in [-0.3, -0.25) is 4.79 Å². The van der Waals surface area contributed by atoms with E-state index in [0.717, 1.165) is 41.9 Å². The van der Waals surface area contributed by atoms with E-state index in [1.54, 1.807) is 0 Å². The Morgan fingerprint density at radius 1 is 1.35 bits per heavy atom. The van der Waals surface area contributed by atoms with Crippen LogP contribution >= 0.6 is 0 Å². The van der Waals surface area contributed by atoms with E-state index in [1.165, 1.54) is 0 Å². The predicted octanol–water partition coefficient (Wildman–Crippen LogP) is 2.78. The summed E-state index contributed by atoms with van der Waals surface area (Å²) in [6.07, 6.45) is 4.88. The van der Waals surface area contributed by atoms with Crippen molar-refractivity contribution in [1.82, 2.24) is 5.32 Å². The molecule has 1 aliphatic carbocycles. The molecule has 1 aromatic rings. The standard InChI is InChI=1S/C16H19NO3/c1-11-3-2-4-13(16(11)18)9-17-8-12-5-6-14-15(7-12)20-10-19-14/h5-7,9,11,17H,2-4,8,10H2,1H3. The van der Waals surface area contributed by atoms with Gasteiger partial charge in [0, 0.05) is 24.2 Å². The van der Waals surface area contributed by atoms with E-state index in [-0.39, 0.29) is 11.7 Å². The van der Waals surface area contributed by atoms with E-state index in [9.17, 15) is 4.79 Å². The lowest BCUT2D eigenvalue weighted by molar-refractivity contribution is -0.119. The van der Waals surface area contributed by atoms with E-state index in [1.807, 2.05) is 31.3 Å². The van der Waals surface area contributed by atoms with E-state index >= 15 is 0 Å². The second kappa shape index (κ2) is 5.57. The monoisotopic (exact) mass is 273 g/mol. The highest BCUT2D eigenvalue weighted by molar-refractivity contribution is 5.97. The number of carbonyl (C=O) groups excluding carboxylic acids is 1. The first-order valence-corrected chi connectivity index (χ1v) is 7.09. The number of nitrogens with one attached hydrogen (secondary N) is 1. The van der Waals surface area contributed by atoms with Crippen molar-refractivity contribution in [2.24, 2.45) is 5.92 Å². The first-order chi connectivity index (χ1) is 9.74. The van der Waals surface area contributed by atoms with E-state index in [0.29, 0.717) is 13.3 Å². The first kappa shape index (κ1) is 13.0. The summed E-state index contributed by atoms with van der Waals surface area (Å²) in [5.41, 5.74) is 2.03. The predicted molar refractivity (Wildman–Crippen MR) is 75.5 cm³/mol. The van der Waals surface area contributed by atoms with E-state index in [4.69, 9.17) is 9.47 Å². The van der Waals surface area contributed by atoms with Crippen molar-refractivity contribution in [3.05, 3.63) is 35.5 Å². The van der Waals surface area contributed by atoms with Gasteiger partial charge in [0.15, 0.2) is 17.3 Å². The summed E-state index contributed by atoms with van der Waals surface area (Å²) in [6, 6.07) is 5.89. The lowest BCUT2D eigenvalue weighted by Gasteiger charge is -2.19. The number of hydrogen-bond donors (Lipinski definition) is 1. The number of ether oxygens (including phenoxy) is 2. The third-order valence-corrected chi connectivity index (χ3v) is 3.87. The molecule has 0 radical (unpaired) electrons. The van der Waals surface area contributed by atoms with Crippen molar-refractivity contribution in [2.45, 2.75) is 32.7 Å². The fourth-order valence-electron chi connectivity index (χ4n) is 2.66. The fraction of sp³-hybridized carbons (Fsp3) is 0.438. The van der Waals surface area contributed by atoms with Gasteiger partial charge in [-0.2, -0.15) is 0 Å². The molecular formula is C16H19NO3. The molecule has 1 aliphatic heterocycles. The summed E-state index contributed by atoms with van der Waals surface area (Å²) >= 11 is 0. The SMILES string of the molecule is CC1CCCC(=CNCc2ccc3c(c2)OCO3)C1=O. The van der Waals surface area contributed by atoms with Crippen molar-refractivity contribution in [3.8, 4) is 11.5 Å². The summed E-state index contributed by atoms with van der Waals surface area (Å²) in [7, 11) is 0. The van der Waals surface area contributed by atoms with Crippen LogP contribution in [0.15, 0.2) is 30.0 Å². The molecule has 0 bridgehead atoms. The molecule has 0 amide bonds. The van der Waals surface area contributed by atoms with Crippen LogP contribution in [0.3, 0.4) is 0 Å². The number of carbonyl (C=O) groups is 1. The molecule has 0 spiro atoms. The Kier molecular flexibility index (Phi) is 3.63. The van der Waals surface area contributed by atoms with Gasteiger partial charge in [-0.15, -0.1) is 0 Å². The third-order valence-electron chi connectivity index (χ3n) is 3.87. The molecule has 3 rings (SSSR count). The zero-order valence-corrected chi connectivity index (χ0v) is 11.6. The Balaban J connectivity index is 1.61.